The van der Waals surface area contributed by atoms with E-state index in [9.17, 15) is 4.79 Å². The minimum atomic E-state index is -0.201. The van der Waals surface area contributed by atoms with Gasteiger partial charge in [-0.1, -0.05) is 48.5 Å². The van der Waals surface area contributed by atoms with Gasteiger partial charge in [0.25, 0.3) is 5.91 Å². The van der Waals surface area contributed by atoms with Gasteiger partial charge in [0, 0.05) is 5.56 Å². The number of nitrogens with one attached hydrogen (secondary N) is 1. The third kappa shape index (κ3) is 6.01. The average molecular weight is 391 g/mol. The molecule has 0 radical (unpaired) electrons. The fourth-order valence-electron chi connectivity index (χ4n) is 2.91. The Morgan fingerprint density at radius 2 is 1.48 bits per heavy atom. The molecule has 3 aromatic carbocycles. The molecule has 1 N–H and O–H groups in total. The van der Waals surface area contributed by atoms with E-state index < -0.39 is 0 Å². The van der Waals surface area contributed by atoms with Gasteiger partial charge in [0.2, 0.25) is 0 Å². The molecule has 0 saturated carbocycles. The second kappa shape index (κ2) is 10.2. The fourth-order valence-corrected chi connectivity index (χ4v) is 2.91. The van der Waals surface area contributed by atoms with Crippen LogP contribution in [-0.2, 0) is 11.4 Å². The number of benzene rings is 3. The second-order valence-corrected chi connectivity index (χ2v) is 6.57. The summed E-state index contributed by atoms with van der Waals surface area (Å²) in [6, 6.07) is 24.6. The van der Waals surface area contributed by atoms with Crippen molar-refractivity contribution in [3.8, 4) is 17.2 Å². The van der Waals surface area contributed by atoms with E-state index in [1.807, 2.05) is 73.7 Å². The smallest absolute Gasteiger partial charge is 0.258 e. The number of hydrogen-bond donors (Lipinski definition) is 1. The first-order valence-electron chi connectivity index (χ1n) is 9.47. The van der Waals surface area contributed by atoms with Gasteiger partial charge in [0.05, 0.1) is 13.2 Å². The van der Waals surface area contributed by atoms with Crippen molar-refractivity contribution in [3.05, 3.63) is 90.0 Å². The first-order valence-corrected chi connectivity index (χ1v) is 9.47. The number of ether oxygens (including phenoxy) is 3. The largest absolute Gasteiger partial charge is 0.496 e. The Bertz CT molecular complexity index is 910. The molecule has 1 atom stereocenters. The molecule has 0 heterocycles. The molecule has 0 fully saturated rings. The molecule has 0 unspecified atom stereocenters. The molecule has 3 rings (SSSR count). The summed E-state index contributed by atoms with van der Waals surface area (Å²) < 4.78 is 16.7. The maximum atomic E-state index is 12.2. The van der Waals surface area contributed by atoms with Gasteiger partial charge in [-0.05, 0) is 42.8 Å². The van der Waals surface area contributed by atoms with Crippen molar-refractivity contribution in [1.29, 1.82) is 0 Å². The highest BCUT2D eigenvalue weighted by atomic mass is 16.5. The molecule has 0 aromatic heterocycles. The molecule has 0 saturated heterocycles. The van der Waals surface area contributed by atoms with Gasteiger partial charge in [-0.3, -0.25) is 4.79 Å². The lowest BCUT2D eigenvalue weighted by molar-refractivity contribution is -0.123. The molecular formula is C24H25NO4. The molecule has 5 heteroatoms. The predicted octanol–water partition coefficient (Wildman–Crippen LogP) is 4.53. The van der Waals surface area contributed by atoms with E-state index in [1.54, 1.807) is 19.2 Å². The van der Waals surface area contributed by atoms with Crippen LogP contribution in [0.1, 0.15) is 24.1 Å². The Kier molecular flexibility index (Phi) is 7.11. The summed E-state index contributed by atoms with van der Waals surface area (Å²) in [4.78, 5) is 12.2. The van der Waals surface area contributed by atoms with Gasteiger partial charge >= 0.3 is 0 Å². The molecule has 0 aliphatic carbocycles. The van der Waals surface area contributed by atoms with Gasteiger partial charge in [-0.2, -0.15) is 0 Å². The Morgan fingerprint density at radius 3 is 2.17 bits per heavy atom. The van der Waals surface area contributed by atoms with Crippen LogP contribution in [0.3, 0.4) is 0 Å². The number of para-hydroxylation sites is 1. The number of amides is 1. The number of carbonyl (C=O) groups excluding carboxylic acids is 1. The van der Waals surface area contributed by atoms with Gasteiger partial charge in [-0.25, -0.2) is 0 Å². The molecule has 29 heavy (non-hydrogen) atoms. The van der Waals surface area contributed by atoms with Crippen molar-refractivity contribution in [3.63, 3.8) is 0 Å². The Balaban J connectivity index is 1.46. The predicted molar refractivity (Wildman–Crippen MR) is 112 cm³/mol. The summed E-state index contributed by atoms with van der Waals surface area (Å²) in [6.45, 7) is 2.35. The van der Waals surface area contributed by atoms with Gasteiger partial charge in [0.1, 0.15) is 23.9 Å². The van der Waals surface area contributed by atoms with E-state index in [-0.39, 0.29) is 18.6 Å². The lowest BCUT2D eigenvalue weighted by Gasteiger charge is -2.17. The number of hydrogen-bond acceptors (Lipinski definition) is 4. The standard InChI is InChI=1S/C24H25NO4/c1-18(22-10-6-7-11-23(22)27-2)25-24(26)17-29-21-14-12-20(13-15-21)28-16-19-8-4-3-5-9-19/h3-15,18H,16-17H2,1-2H3,(H,25,26)/t18-/m1/s1. The van der Waals surface area contributed by atoms with E-state index >= 15 is 0 Å². The highest BCUT2D eigenvalue weighted by Gasteiger charge is 2.14. The monoisotopic (exact) mass is 391 g/mol. The summed E-state index contributed by atoms with van der Waals surface area (Å²) >= 11 is 0. The van der Waals surface area contributed by atoms with Gasteiger partial charge in [-0.15, -0.1) is 0 Å². The Hall–Kier alpha value is -3.47. The van der Waals surface area contributed by atoms with Crippen molar-refractivity contribution in [2.75, 3.05) is 13.7 Å². The van der Waals surface area contributed by atoms with Crippen molar-refractivity contribution in [1.82, 2.24) is 5.32 Å². The number of rotatable bonds is 9. The minimum absolute atomic E-state index is 0.0658. The van der Waals surface area contributed by atoms with E-state index in [2.05, 4.69) is 5.32 Å². The first-order chi connectivity index (χ1) is 14.2. The quantitative estimate of drug-likeness (QED) is 0.582. The van der Waals surface area contributed by atoms with Crippen LogP contribution in [0, 0.1) is 0 Å². The van der Waals surface area contributed by atoms with Crippen LogP contribution in [0.4, 0.5) is 0 Å². The number of carbonyl (C=O) groups is 1. The minimum Gasteiger partial charge on any atom is -0.496 e. The summed E-state index contributed by atoms with van der Waals surface area (Å²) in [5.41, 5.74) is 2.02. The molecule has 0 bridgehead atoms. The van der Waals surface area contributed by atoms with Crippen LogP contribution in [-0.4, -0.2) is 19.6 Å². The Labute approximate surface area is 171 Å². The van der Waals surface area contributed by atoms with E-state index in [0.29, 0.717) is 12.4 Å². The molecule has 5 nitrogen and oxygen atoms in total. The molecular weight excluding hydrogens is 366 g/mol. The third-order valence-electron chi connectivity index (χ3n) is 4.42. The lowest BCUT2D eigenvalue weighted by atomic mass is 10.1. The maximum Gasteiger partial charge on any atom is 0.258 e. The van der Waals surface area contributed by atoms with Crippen LogP contribution in [0.2, 0.25) is 0 Å². The third-order valence-corrected chi connectivity index (χ3v) is 4.42. The van der Waals surface area contributed by atoms with E-state index in [4.69, 9.17) is 14.2 Å². The normalized spacial score (nSPS) is 11.4. The summed E-state index contributed by atoms with van der Waals surface area (Å²) in [7, 11) is 1.61. The van der Waals surface area contributed by atoms with Crippen molar-refractivity contribution in [2.45, 2.75) is 19.6 Å². The zero-order chi connectivity index (χ0) is 20.5. The molecule has 3 aromatic rings. The topological polar surface area (TPSA) is 56.8 Å². The molecule has 0 spiro atoms. The number of methoxy groups -OCH3 is 1. The fraction of sp³-hybridized carbons (Fsp3) is 0.208. The molecule has 1 amide bonds. The van der Waals surface area contributed by atoms with Crippen LogP contribution in [0.5, 0.6) is 17.2 Å². The second-order valence-electron chi connectivity index (χ2n) is 6.57. The molecule has 0 aliphatic rings. The zero-order valence-corrected chi connectivity index (χ0v) is 16.6. The van der Waals surface area contributed by atoms with Gasteiger partial charge in [0.15, 0.2) is 6.61 Å². The Morgan fingerprint density at radius 1 is 0.862 bits per heavy atom. The highest BCUT2D eigenvalue weighted by Crippen LogP contribution is 2.24. The summed E-state index contributed by atoms with van der Waals surface area (Å²) in [5, 5.41) is 2.92. The lowest BCUT2D eigenvalue weighted by Crippen LogP contribution is -2.31. The average Bonchev–Trinajstić information content (AvgIpc) is 2.77. The zero-order valence-electron chi connectivity index (χ0n) is 16.6. The van der Waals surface area contributed by atoms with E-state index in [0.717, 1.165) is 22.6 Å². The molecule has 150 valence electrons. The van der Waals surface area contributed by atoms with Crippen molar-refractivity contribution in [2.24, 2.45) is 0 Å². The summed E-state index contributed by atoms with van der Waals surface area (Å²) in [6.07, 6.45) is 0. The first kappa shape index (κ1) is 20.3. The van der Waals surface area contributed by atoms with E-state index in [1.165, 1.54) is 0 Å². The summed E-state index contributed by atoms with van der Waals surface area (Å²) in [5.74, 6) is 1.90. The van der Waals surface area contributed by atoms with Gasteiger partial charge < -0.3 is 19.5 Å². The van der Waals surface area contributed by atoms with Crippen molar-refractivity contribution >= 4 is 5.91 Å². The van der Waals surface area contributed by atoms with Crippen LogP contribution < -0.4 is 19.5 Å². The highest BCUT2D eigenvalue weighted by molar-refractivity contribution is 5.78. The van der Waals surface area contributed by atoms with Crippen LogP contribution >= 0.6 is 0 Å². The SMILES string of the molecule is COc1ccccc1[C@@H](C)NC(=O)COc1ccc(OCc2ccccc2)cc1. The maximum absolute atomic E-state index is 12.2. The molecule has 0 aliphatic heterocycles. The van der Waals surface area contributed by atoms with Crippen LogP contribution in [0.15, 0.2) is 78.9 Å². The van der Waals surface area contributed by atoms with Crippen LogP contribution in [0.25, 0.3) is 0 Å². The van der Waals surface area contributed by atoms with Crippen molar-refractivity contribution < 1.29 is 19.0 Å².